The number of halogens is 3. The van der Waals surface area contributed by atoms with Crippen LogP contribution in [-0.2, 0) is 16.4 Å². The Hall–Kier alpha value is -2.42. The fourth-order valence-electron chi connectivity index (χ4n) is 3.50. The molecule has 2 fully saturated rings. The number of rotatable bonds is 4. The molecule has 1 N–H and O–H groups in total. The highest BCUT2D eigenvalue weighted by Gasteiger charge is 2.55. The molecule has 9 heteroatoms. The molecular formula is C18H19F3N4O2. The number of hydrogen-bond acceptors (Lipinski definition) is 4. The fourth-order valence-corrected chi connectivity index (χ4v) is 3.50. The molecule has 1 aliphatic carbocycles. The first-order chi connectivity index (χ1) is 12.7. The Kier molecular flexibility index (Phi) is 4.03. The van der Waals surface area contributed by atoms with E-state index in [-0.39, 0.29) is 11.9 Å². The van der Waals surface area contributed by atoms with Gasteiger partial charge in [-0.05, 0) is 31.4 Å². The number of alkyl halides is 3. The van der Waals surface area contributed by atoms with Crippen LogP contribution in [0.4, 0.5) is 13.2 Å². The highest BCUT2D eigenvalue weighted by atomic mass is 19.4. The Morgan fingerprint density at radius 3 is 2.59 bits per heavy atom. The summed E-state index contributed by atoms with van der Waals surface area (Å²) in [5.74, 6) is -0.131. The Labute approximate surface area is 153 Å². The number of benzene rings is 1. The van der Waals surface area contributed by atoms with Gasteiger partial charge in [-0.1, -0.05) is 23.4 Å². The number of amides is 1. The maximum absolute atomic E-state index is 13.0. The lowest BCUT2D eigenvalue weighted by Gasteiger charge is -2.41. The van der Waals surface area contributed by atoms with Crippen LogP contribution >= 0.6 is 0 Å². The SMILES string of the molecule is C[C@@H](O)c1cn(C2CN(C(=O)C3(c4cccc(C(F)(F)F)c4)CC3)C2)nn1. The van der Waals surface area contributed by atoms with E-state index >= 15 is 0 Å². The lowest BCUT2D eigenvalue weighted by atomic mass is 9.91. The predicted octanol–water partition coefficient (Wildman–Crippen LogP) is 2.47. The van der Waals surface area contributed by atoms with Gasteiger partial charge in [0.15, 0.2) is 0 Å². The van der Waals surface area contributed by atoms with Crippen LogP contribution < -0.4 is 0 Å². The van der Waals surface area contributed by atoms with Crippen LogP contribution in [0.1, 0.15) is 48.7 Å². The van der Waals surface area contributed by atoms with Gasteiger partial charge in [-0.3, -0.25) is 4.79 Å². The first-order valence-corrected chi connectivity index (χ1v) is 8.78. The highest BCUT2D eigenvalue weighted by Crippen LogP contribution is 2.51. The zero-order valence-electron chi connectivity index (χ0n) is 14.6. The van der Waals surface area contributed by atoms with E-state index in [0.29, 0.717) is 37.2 Å². The van der Waals surface area contributed by atoms with E-state index in [9.17, 15) is 23.1 Å². The lowest BCUT2D eigenvalue weighted by Crippen LogP contribution is -2.54. The second-order valence-corrected chi connectivity index (χ2v) is 7.32. The van der Waals surface area contributed by atoms with Crippen LogP contribution in [0.15, 0.2) is 30.5 Å². The Morgan fingerprint density at radius 2 is 2.04 bits per heavy atom. The molecule has 1 saturated carbocycles. The van der Waals surface area contributed by atoms with Gasteiger partial charge in [-0.15, -0.1) is 5.10 Å². The van der Waals surface area contributed by atoms with E-state index in [0.717, 1.165) is 12.1 Å². The Balaban J connectivity index is 1.46. The third-order valence-corrected chi connectivity index (χ3v) is 5.38. The van der Waals surface area contributed by atoms with Crippen molar-refractivity contribution in [1.82, 2.24) is 19.9 Å². The molecule has 0 bridgehead atoms. The number of aliphatic hydroxyl groups excluding tert-OH is 1. The molecule has 0 radical (unpaired) electrons. The number of hydrogen-bond donors (Lipinski definition) is 1. The van der Waals surface area contributed by atoms with Crippen molar-refractivity contribution in [1.29, 1.82) is 0 Å². The van der Waals surface area contributed by atoms with Crippen molar-refractivity contribution in [3.63, 3.8) is 0 Å². The van der Waals surface area contributed by atoms with Crippen molar-refractivity contribution in [2.75, 3.05) is 13.1 Å². The summed E-state index contributed by atoms with van der Waals surface area (Å²) >= 11 is 0. The van der Waals surface area contributed by atoms with E-state index in [2.05, 4.69) is 10.3 Å². The largest absolute Gasteiger partial charge is 0.416 e. The van der Waals surface area contributed by atoms with Crippen molar-refractivity contribution in [2.24, 2.45) is 0 Å². The Morgan fingerprint density at radius 1 is 1.33 bits per heavy atom. The number of aliphatic hydroxyl groups is 1. The number of carbonyl (C=O) groups excluding carboxylic acids is 1. The minimum absolute atomic E-state index is 0.0359. The summed E-state index contributed by atoms with van der Waals surface area (Å²) in [5, 5.41) is 17.4. The van der Waals surface area contributed by atoms with Gasteiger partial charge in [0.05, 0.1) is 29.3 Å². The second kappa shape index (κ2) is 6.05. The van der Waals surface area contributed by atoms with Crippen molar-refractivity contribution >= 4 is 5.91 Å². The van der Waals surface area contributed by atoms with Crippen LogP contribution in [0.2, 0.25) is 0 Å². The van der Waals surface area contributed by atoms with E-state index in [1.54, 1.807) is 28.8 Å². The number of aromatic nitrogens is 3. The number of likely N-dealkylation sites (tertiary alicyclic amines) is 1. The molecule has 4 rings (SSSR count). The minimum Gasteiger partial charge on any atom is -0.387 e. The molecule has 1 amide bonds. The van der Waals surface area contributed by atoms with Gasteiger partial charge in [0.1, 0.15) is 5.69 Å². The molecule has 0 unspecified atom stereocenters. The second-order valence-electron chi connectivity index (χ2n) is 7.32. The standard InChI is InChI=1S/C18H19F3N4O2/c1-11(26)15-10-25(23-22-15)14-8-24(9-14)16(27)17(5-6-17)12-3-2-4-13(7-12)18(19,20)21/h2-4,7,10-11,14,26H,5-6,8-9H2,1H3/t11-/m1/s1. The molecule has 1 aromatic heterocycles. The molecule has 1 aromatic carbocycles. The molecular weight excluding hydrogens is 361 g/mol. The first kappa shape index (κ1) is 18.0. The molecule has 2 heterocycles. The third-order valence-electron chi connectivity index (χ3n) is 5.38. The van der Waals surface area contributed by atoms with Gasteiger partial charge >= 0.3 is 6.18 Å². The normalized spacial score (nSPS) is 20.3. The molecule has 1 aliphatic heterocycles. The van der Waals surface area contributed by atoms with Gasteiger partial charge in [0, 0.05) is 13.1 Å². The van der Waals surface area contributed by atoms with Gasteiger partial charge in [-0.2, -0.15) is 13.2 Å². The summed E-state index contributed by atoms with van der Waals surface area (Å²) in [6.45, 7) is 2.46. The molecule has 6 nitrogen and oxygen atoms in total. The molecule has 27 heavy (non-hydrogen) atoms. The first-order valence-electron chi connectivity index (χ1n) is 8.78. The maximum Gasteiger partial charge on any atom is 0.416 e. The predicted molar refractivity (Wildman–Crippen MR) is 88.6 cm³/mol. The summed E-state index contributed by atoms with van der Waals surface area (Å²) in [6, 6.07) is 5.04. The minimum atomic E-state index is -4.42. The molecule has 2 aliphatic rings. The highest BCUT2D eigenvalue weighted by molar-refractivity contribution is 5.92. The van der Waals surface area contributed by atoms with Crippen LogP contribution in [0.25, 0.3) is 0 Å². The zero-order chi connectivity index (χ0) is 19.4. The summed E-state index contributed by atoms with van der Waals surface area (Å²) in [4.78, 5) is 14.6. The smallest absolute Gasteiger partial charge is 0.387 e. The van der Waals surface area contributed by atoms with E-state index in [1.165, 1.54) is 6.07 Å². The molecule has 1 saturated heterocycles. The van der Waals surface area contributed by atoms with Gasteiger partial charge in [0.25, 0.3) is 0 Å². The van der Waals surface area contributed by atoms with Crippen molar-refractivity contribution in [2.45, 2.75) is 43.5 Å². The summed E-state index contributed by atoms with van der Waals surface area (Å²) < 4.78 is 40.6. The van der Waals surface area contributed by atoms with Gasteiger partial charge < -0.3 is 10.0 Å². The topological polar surface area (TPSA) is 71.2 Å². The molecule has 144 valence electrons. The van der Waals surface area contributed by atoms with Crippen LogP contribution in [-0.4, -0.2) is 44.0 Å². The van der Waals surface area contributed by atoms with Crippen LogP contribution in [0, 0.1) is 0 Å². The van der Waals surface area contributed by atoms with Crippen LogP contribution in [0.3, 0.4) is 0 Å². The van der Waals surface area contributed by atoms with Crippen molar-refractivity contribution in [3.8, 4) is 0 Å². The summed E-state index contributed by atoms with van der Waals surface area (Å²) in [5.41, 5.74) is -0.668. The van der Waals surface area contributed by atoms with Gasteiger partial charge in [0.2, 0.25) is 5.91 Å². The zero-order valence-corrected chi connectivity index (χ0v) is 14.6. The fraction of sp³-hybridized carbons (Fsp3) is 0.500. The average Bonchev–Trinajstić information content (AvgIpc) is 3.24. The van der Waals surface area contributed by atoms with Crippen LogP contribution in [0.5, 0.6) is 0 Å². The van der Waals surface area contributed by atoms with Crippen molar-refractivity contribution < 1.29 is 23.1 Å². The molecule has 0 spiro atoms. The maximum atomic E-state index is 13.0. The Bertz CT molecular complexity index is 867. The van der Waals surface area contributed by atoms with Crippen molar-refractivity contribution in [3.05, 3.63) is 47.3 Å². The third kappa shape index (κ3) is 3.09. The summed E-state index contributed by atoms with van der Waals surface area (Å²) in [6.07, 6.45) is -2.37. The lowest BCUT2D eigenvalue weighted by molar-refractivity contribution is -0.141. The summed E-state index contributed by atoms with van der Waals surface area (Å²) in [7, 11) is 0. The molecule has 2 aromatic rings. The average molecular weight is 380 g/mol. The number of nitrogens with zero attached hydrogens (tertiary/aromatic N) is 4. The van der Waals surface area contributed by atoms with E-state index < -0.39 is 23.3 Å². The molecule has 1 atom stereocenters. The van der Waals surface area contributed by atoms with Gasteiger partial charge in [-0.25, -0.2) is 4.68 Å². The monoisotopic (exact) mass is 380 g/mol. The van der Waals surface area contributed by atoms with E-state index in [4.69, 9.17) is 0 Å². The van der Waals surface area contributed by atoms with E-state index in [1.807, 2.05) is 0 Å². The quantitative estimate of drug-likeness (QED) is 0.885. The number of carbonyl (C=O) groups is 1.